The van der Waals surface area contributed by atoms with Gasteiger partial charge in [-0.15, -0.1) is 0 Å². The molecule has 0 aromatic carbocycles. The minimum Gasteiger partial charge on any atom is -0.432 e. The quantitative estimate of drug-likeness (QED) is 0.0653. The predicted molar refractivity (Wildman–Crippen MR) is 257 cm³/mol. The van der Waals surface area contributed by atoms with Crippen LogP contribution in [0.2, 0.25) is 0 Å². The summed E-state index contributed by atoms with van der Waals surface area (Å²) in [4.78, 5) is 15.0. The van der Waals surface area contributed by atoms with Crippen molar-refractivity contribution in [1.29, 1.82) is 0 Å². The lowest BCUT2D eigenvalue weighted by Crippen LogP contribution is -2.65. The van der Waals surface area contributed by atoms with Crippen molar-refractivity contribution < 1.29 is 109 Å². The SMILES string of the molecule is CC1OC(OC2CCC3(C)C4CCC5=C(CCC6(C(=O)OC7OC(COC8OC(CO)C(O)C(O)C8O)C(O)C(O)C7O)CCC(C)(C)CC56)C4(C)CCC3C2(C)C)C(O)C(O)C1OC1OC(CO)C(O)C(O)C1O. The molecule has 4 saturated heterocycles. The van der Waals surface area contributed by atoms with Gasteiger partial charge in [0.1, 0.15) is 91.6 Å². The van der Waals surface area contributed by atoms with E-state index in [0.717, 1.165) is 44.9 Å². The monoisotopic (exact) mass is 1070 g/mol. The number of allylic oxidation sites excluding steroid dienone is 2. The van der Waals surface area contributed by atoms with E-state index >= 15 is 0 Å². The van der Waals surface area contributed by atoms with Crippen molar-refractivity contribution >= 4 is 5.97 Å². The number of aliphatic hydroxyl groups is 13. The number of fused-ring (bicyclic) bond motifs is 6. The first-order chi connectivity index (χ1) is 35.1. The van der Waals surface area contributed by atoms with Gasteiger partial charge in [0.25, 0.3) is 0 Å². The van der Waals surface area contributed by atoms with Gasteiger partial charge in [-0.3, -0.25) is 4.79 Å². The Hall–Kier alpha value is -1.59. The highest BCUT2D eigenvalue weighted by molar-refractivity contribution is 5.79. The normalized spacial score (nSPS) is 52.7. The summed E-state index contributed by atoms with van der Waals surface area (Å²) in [6.45, 7) is 13.4. The molecule has 0 aromatic rings. The van der Waals surface area contributed by atoms with Crippen LogP contribution >= 0.6 is 0 Å². The predicted octanol–water partition coefficient (Wildman–Crippen LogP) is -1.25. The lowest BCUT2D eigenvalue weighted by molar-refractivity contribution is -0.364. The summed E-state index contributed by atoms with van der Waals surface area (Å²) in [5, 5.41) is 137. The Balaban J connectivity index is 0.880. The van der Waals surface area contributed by atoms with Gasteiger partial charge < -0.3 is 104 Å². The highest BCUT2D eigenvalue weighted by Gasteiger charge is 2.66. The first-order valence-electron chi connectivity index (χ1n) is 27.3. The Morgan fingerprint density at radius 2 is 1.12 bits per heavy atom. The molecule has 9 aliphatic rings. The summed E-state index contributed by atoms with van der Waals surface area (Å²) < 4.78 is 47.4. The average molecular weight is 1080 g/mol. The lowest BCUT2D eigenvalue weighted by atomic mass is 9.38. The van der Waals surface area contributed by atoms with E-state index < -0.39 is 159 Å². The van der Waals surface area contributed by atoms with Crippen LogP contribution in [0.3, 0.4) is 0 Å². The molecular weight excluding hydrogens is 989 g/mol. The topological polar surface area (TPSA) is 354 Å². The van der Waals surface area contributed by atoms with Gasteiger partial charge in [-0.1, -0.05) is 52.7 Å². The second-order valence-electron chi connectivity index (χ2n) is 25.6. The molecular formula is C53H86O22. The number of rotatable bonds is 11. The van der Waals surface area contributed by atoms with Crippen molar-refractivity contribution in [3.63, 3.8) is 0 Å². The fourth-order valence-electron chi connectivity index (χ4n) is 16.0. The zero-order valence-electron chi connectivity index (χ0n) is 44.2. The maximum atomic E-state index is 15.0. The van der Waals surface area contributed by atoms with Gasteiger partial charge in [-0.25, -0.2) is 0 Å². The molecule has 3 saturated carbocycles. The molecule has 27 unspecified atom stereocenters. The third-order valence-corrected chi connectivity index (χ3v) is 20.5. The van der Waals surface area contributed by atoms with Gasteiger partial charge in [-0.2, -0.15) is 0 Å². The van der Waals surface area contributed by atoms with Gasteiger partial charge in [0.15, 0.2) is 18.9 Å². The van der Waals surface area contributed by atoms with E-state index in [4.69, 9.17) is 37.9 Å². The number of esters is 1. The smallest absolute Gasteiger partial charge is 0.315 e. The van der Waals surface area contributed by atoms with Crippen LogP contribution in [0.4, 0.5) is 0 Å². The maximum Gasteiger partial charge on any atom is 0.315 e. The molecule has 430 valence electrons. The van der Waals surface area contributed by atoms with Crippen molar-refractivity contribution in [2.75, 3.05) is 19.8 Å². The molecule has 5 aliphatic carbocycles. The number of carbonyl (C=O) groups excluding carboxylic acids is 1. The Bertz CT molecular complexity index is 2050. The number of carbonyl (C=O) groups is 1. The van der Waals surface area contributed by atoms with E-state index in [-0.39, 0.29) is 34.2 Å². The summed E-state index contributed by atoms with van der Waals surface area (Å²) in [6, 6.07) is 0. The number of hydrogen-bond donors (Lipinski definition) is 13. The average Bonchev–Trinajstić information content (AvgIpc) is 3.41. The zero-order valence-corrected chi connectivity index (χ0v) is 44.2. The molecule has 0 bridgehead atoms. The molecule has 0 spiro atoms. The number of aliphatic hydroxyl groups excluding tert-OH is 13. The van der Waals surface area contributed by atoms with Gasteiger partial charge in [-0.05, 0) is 117 Å². The minimum absolute atomic E-state index is 0.0939. The molecule has 75 heavy (non-hydrogen) atoms. The first kappa shape index (κ1) is 58.1. The molecule has 9 rings (SSSR count). The van der Waals surface area contributed by atoms with Gasteiger partial charge in [0.05, 0.1) is 37.4 Å². The largest absolute Gasteiger partial charge is 0.432 e. The van der Waals surface area contributed by atoms with Crippen LogP contribution in [-0.2, 0) is 42.7 Å². The molecule has 4 aliphatic heterocycles. The highest BCUT2D eigenvalue weighted by atomic mass is 16.8. The number of ether oxygens (including phenoxy) is 8. The van der Waals surface area contributed by atoms with Crippen LogP contribution in [0.25, 0.3) is 0 Å². The molecule has 22 heteroatoms. The number of hydrogen-bond acceptors (Lipinski definition) is 22. The van der Waals surface area contributed by atoms with Crippen molar-refractivity contribution in [3.05, 3.63) is 11.1 Å². The second-order valence-corrected chi connectivity index (χ2v) is 25.6. The van der Waals surface area contributed by atoms with Crippen LogP contribution < -0.4 is 0 Å². The lowest BCUT2D eigenvalue weighted by Gasteiger charge is -2.67. The van der Waals surface area contributed by atoms with E-state index in [0.29, 0.717) is 31.6 Å². The minimum atomic E-state index is -1.81. The van der Waals surface area contributed by atoms with Crippen LogP contribution in [-0.4, -0.2) is 221 Å². The summed E-state index contributed by atoms with van der Waals surface area (Å²) in [6.07, 6.45) is -22.6. The molecule has 27 atom stereocenters. The van der Waals surface area contributed by atoms with Gasteiger partial charge in [0, 0.05) is 0 Å². The van der Waals surface area contributed by atoms with E-state index in [9.17, 15) is 71.2 Å². The molecule has 0 amide bonds. The van der Waals surface area contributed by atoms with Crippen LogP contribution in [0.15, 0.2) is 11.1 Å². The molecule has 4 heterocycles. The third kappa shape index (κ3) is 9.90. The molecule has 7 fully saturated rings. The van der Waals surface area contributed by atoms with Crippen LogP contribution in [0, 0.1) is 44.8 Å². The summed E-state index contributed by atoms with van der Waals surface area (Å²) in [5.41, 5.74) is 0.994. The molecule has 0 radical (unpaired) electrons. The van der Waals surface area contributed by atoms with Crippen LogP contribution in [0.5, 0.6) is 0 Å². The Morgan fingerprint density at radius 3 is 1.76 bits per heavy atom. The third-order valence-electron chi connectivity index (χ3n) is 20.5. The summed E-state index contributed by atoms with van der Waals surface area (Å²) in [5.74, 6) is -0.199. The van der Waals surface area contributed by atoms with E-state index in [1.54, 1.807) is 6.92 Å². The van der Waals surface area contributed by atoms with E-state index in [1.165, 1.54) is 11.1 Å². The summed E-state index contributed by atoms with van der Waals surface area (Å²) >= 11 is 0. The van der Waals surface area contributed by atoms with Crippen molar-refractivity contribution in [3.8, 4) is 0 Å². The second kappa shape index (κ2) is 21.4. The fraction of sp³-hybridized carbons (Fsp3) is 0.943. The molecule has 22 nitrogen and oxygen atoms in total. The van der Waals surface area contributed by atoms with Crippen LogP contribution in [0.1, 0.15) is 119 Å². The van der Waals surface area contributed by atoms with Gasteiger partial charge in [0.2, 0.25) is 6.29 Å². The first-order valence-corrected chi connectivity index (χ1v) is 27.3. The maximum absolute atomic E-state index is 15.0. The molecule has 13 N–H and O–H groups in total. The highest BCUT2D eigenvalue weighted by Crippen LogP contribution is 2.72. The van der Waals surface area contributed by atoms with Gasteiger partial charge >= 0.3 is 5.97 Å². The van der Waals surface area contributed by atoms with Crippen molar-refractivity contribution in [1.82, 2.24) is 0 Å². The summed E-state index contributed by atoms with van der Waals surface area (Å²) in [7, 11) is 0. The van der Waals surface area contributed by atoms with E-state index in [2.05, 4.69) is 41.5 Å². The standard InChI is InChI=1S/C53H86O22/c1-22-43(74-46-40(64)36(60)33(57)27(20-55)71-46)38(62)42(66)45(69-22)73-31-12-14-52(7)29(50(31,4)5)11-13-51(6)24-10-15-53(17-16-49(2,3)18-25(53)23(24)8-9-30(51)52)48(67)75-47-41(65)37(61)34(58)28(72-47)21-68-44-39(63)35(59)32(56)26(19-54)70-44/h22,25-47,54-66H,8-21H2,1-7H3. The van der Waals surface area contributed by atoms with Crippen molar-refractivity contribution in [2.45, 2.75) is 248 Å². The fourth-order valence-corrected chi connectivity index (χ4v) is 16.0. The molecule has 0 aromatic heterocycles. The Morgan fingerprint density at radius 1 is 0.560 bits per heavy atom. The zero-order chi connectivity index (χ0) is 54.6. The van der Waals surface area contributed by atoms with E-state index in [1.807, 2.05) is 0 Å². The Labute approximate surface area is 437 Å². The van der Waals surface area contributed by atoms with Crippen molar-refractivity contribution in [2.24, 2.45) is 44.8 Å². The Kier molecular flexibility index (Phi) is 16.6.